The number of non-ortho nitro benzene ring substituents is 1. The molecule has 1 aliphatic rings. The minimum Gasteiger partial charge on any atom is -0.507 e. The van der Waals surface area contributed by atoms with E-state index in [1.807, 2.05) is 0 Å². The van der Waals surface area contributed by atoms with E-state index in [0.29, 0.717) is 22.3 Å². The number of rotatable bonds is 4. The normalized spacial score (nSPS) is 15.3. The summed E-state index contributed by atoms with van der Waals surface area (Å²) >= 11 is 0. The van der Waals surface area contributed by atoms with Crippen molar-refractivity contribution in [3.05, 3.63) is 74.5 Å². The largest absolute Gasteiger partial charge is 0.507 e. The van der Waals surface area contributed by atoms with Crippen LogP contribution in [0.25, 0.3) is 6.08 Å². The van der Waals surface area contributed by atoms with Gasteiger partial charge in [-0.2, -0.15) is 0 Å². The van der Waals surface area contributed by atoms with Crippen molar-refractivity contribution in [1.82, 2.24) is 10.2 Å². The maximum Gasteiger partial charge on any atom is 0.329 e. The topological polar surface area (TPSA) is 113 Å². The minimum absolute atomic E-state index is 0.00757. The van der Waals surface area contributed by atoms with E-state index in [4.69, 9.17) is 0 Å². The highest BCUT2D eigenvalue weighted by Gasteiger charge is 2.33. The molecular weight excluding hydrogens is 350 g/mol. The van der Waals surface area contributed by atoms with Crippen LogP contribution in [0.3, 0.4) is 0 Å². The van der Waals surface area contributed by atoms with E-state index in [-0.39, 0.29) is 23.7 Å². The van der Waals surface area contributed by atoms with E-state index in [1.165, 1.54) is 24.3 Å². The van der Waals surface area contributed by atoms with Gasteiger partial charge < -0.3 is 10.4 Å². The third kappa shape index (κ3) is 3.64. The summed E-state index contributed by atoms with van der Waals surface area (Å²) in [4.78, 5) is 35.9. The molecule has 2 aromatic carbocycles. The second kappa shape index (κ2) is 6.91. The molecular formula is C19H17N3O5. The average Bonchev–Trinajstić information content (AvgIpc) is 2.87. The average molecular weight is 367 g/mol. The zero-order valence-electron chi connectivity index (χ0n) is 14.7. The SMILES string of the molecule is Cc1cc(C=C2NC(=O)N(Cc3ccc([N+](=O)[O-])cc3)C2=O)cc(C)c1O. The van der Waals surface area contributed by atoms with Crippen LogP contribution in [0.2, 0.25) is 0 Å². The summed E-state index contributed by atoms with van der Waals surface area (Å²) in [5.41, 5.74) is 2.69. The number of urea groups is 1. The molecule has 1 aliphatic heterocycles. The third-order valence-electron chi connectivity index (χ3n) is 4.27. The molecule has 3 rings (SSSR count). The molecule has 2 aromatic rings. The summed E-state index contributed by atoms with van der Waals surface area (Å²) in [5, 5.41) is 23.1. The van der Waals surface area contributed by atoms with Crippen molar-refractivity contribution in [2.24, 2.45) is 0 Å². The molecule has 0 aromatic heterocycles. The Labute approximate surface area is 154 Å². The van der Waals surface area contributed by atoms with Crippen molar-refractivity contribution >= 4 is 23.7 Å². The Morgan fingerprint density at radius 2 is 1.74 bits per heavy atom. The molecule has 27 heavy (non-hydrogen) atoms. The first-order valence-electron chi connectivity index (χ1n) is 8.14. The molecule has 0 unspecified atom stereocenters. The molecule has 0 radical (unpaired) electrons. The number of nitro benzene ring substituents is 1. The molecule has 0 spiro atoms. The highest BCUT2D eigenvalue weighted by Crippen LogP contribution is 2.25. The Hall–Kier alpha value is -3.68. The van der Waals surface area contributed by atoms with Crippen LogP contribution in [0.5, 0.6) is 5.75 Å². The number of hydrogen-bond donors (Lipinski definition) is 2. The summed E-state index contributed by atoms with van der Waals surface area (Å²) < 4.78 is 0. The summed E-state index contributed by atoms with van der Waals surface area (Å²) in [6.45, 7) is 3.51. The van der Waals surface area contributed by atoms with Gasteiger partial charge in [0.05, 0.1) is 11.5 Å². The molecule has 0 atom stereocenters. The van der Waals surface area contributed by atoms with Gasteiger partial charge in [-0.25, -0.2) is 4.79 Å². The lowest BCUT2D eigenvalue weighted by atomic mass is 10.0. The van der Waals surface area contributed by atoms with Crippen LogP contribution in [0, 0.1) is 24.0 Å². The molecule has 0 bridgehead atoms. The van der Waals surface area contributed by atoms with Gasteiger partial charge in [-0.15, -0.1) is 0 Å². The molecule has 0 aliphatic carbocycles. The number of nitro groups is 1. The first-order valence-corrected chi connectivity index (χ1v) is 8.14. The van der Waals surface area contributed by atoms with Crippen LogP contribution in [-0.4, -0.2) is 26.9 Å². The van der Waals surface area contributed by atoms with E-state index < -0.39 is 16.9 Å². The molecule has 1 saturated heterocycles. The fourth-order valence-electron chi connectivity index (χ4n) is 2.86. The number of aromatic hydroxyl groups is 1. The Balaban J connectivity index is 1.81. The summed E-state index contributed by atoms with van der Waals surface area (Å²) in [6.07, 6.45) is 1.55. The van der Waals surface area contributed by atoms with Gasteiger partial charge in [0.1, 0.15) is 11.4 Å². The van der Waals surface area contributed by atoms with E-state index >= 15 is 0 Å². The number of phenolic OH excluding ortho intramolecular Hbond substituents is 1. The van der Waals surface area contributed by atoms with Crippen molar-refractivity contribution in [3.63, 3.8) is 0 Å². The van der Waals surface area contributed by atoms with Crippen LogP contribution in [0.15, 0.2) is 42.1 Å². The molecule has 1 fully saturated rings. The molecule has 8 nitrogen and oxygen atoms in total. The number of carbonyl (C=O) groups is 2. The van der Waals surface area contributed by atoms with E-state index in [1.54, 1.807) is 32.1 Å². The number of nitrogens with zero attached hydrogens (tertiary/aromatic N) is 2. The van der Waals surface area contributed by atoms with Gasteiger partial charge in [0.2, 0.25) is 0 Å². The van der Waals surface area contributed by atoms with Crippen molar-refractivity contribution in [2.45, 2.75) is 20.4 Å². The van der Waals surface area contributed by atoms with Gasteiger partial charge in [-0.1, -0.05) is 12.1 Å². The number of benzene rings is 2. The predicted octanol–water partition coefficient (Wildman–Crippen LogP) is 3.01. The summed E-state index contributed by atoms with van der Waals surface area (Å²) in [7, 11) is 0. The van der Waals surface area contributed by atoms with Gasteiger partial charge in [0, 0.05) is 12.1 Å². The Bertz CT molecular complexity index is 956. The fraction of sp³-hybridized carbons (Fsp3) is 0.158. The molecule has 3 amide bonds. The Morgan fingerprint density at radius 1 is 1.15 bits per heavy atom. The molecule has 2 N–H and O–H groups in total. The lowest BCUT2D eigenvalue weighted by Crippen LogP contribution is -2.30. The summed E-state index contributed by atoms with van der Waals surface area (Å²) in [5.74, 6) is -0.291. The Morgan fingerprint density at radius 3 is 2.30 bits per heavy atom. The number of hydrogen-bond acceptors (Lipinski definition) is 5. The lowest BCUT2D eigenvalue weighted by molar-refractivity contribution is -0.384. The quantitative estimate of drug-likeness (QED) is 0.373. The molecule has 8 heteroatoms. The highest BCUT2D eigenvalue weighted by atomic mass is 16.6. The maximum absolute atomic E-state index is 12.6. The van der Waals surface area contributed by atoms with Crippen molar-refractivity contribution in [1.29, 1.82) is 0 Å². The standard InChI is InChI=1S/C19H17N3O5/c1-11-7-14(8-12(2)17(11)23)9-16-18(24)21(19(25)20-16)10-13-3-5-15(6-4-13)22(26)27/h3-9,23H,10H2,1-2H3,(H,20,25). The zero-order valence-corrected chi connectivity index (χ0v) is 14.7. The molecule has 0 saturated carbocycles. The second-order valence-electron chi connectivity index (χ2n) is 6.31. The second-order valence-corrected chi connectivity index (χ2v) is 6.31. The van der Waals surface area contributed by atoms with Crippen LogP contribution in [0.4, 0.5) is 10.5 Å². The fourth-order valence-corrected chi connectivity index (χ4v) is 2.86. The van der Waals surface area contributed by atoms with Gasteiger partial charge in [-0.05, 0) is 54.3 Å². The predicted molar refractivity (Wildman–Crippen MR) is 97.7 cm³/mol. The van der Waals surface area contributed by atoms with Crippen LogP contribution < -0.4 is 5.32 Å². The van der Waals surface area contributed by atoms with Gasteiger partial charge >= 0.3 is 6.03 Å². The van der Waals surface area contributed by atoms with Crippen molar-refractivity contribution < 1.29 is 19.6 Å². The number of nitrogens with one attached hydrogen (secondary N) is 1. The Kier molecular flexibility index (Phi) is 4.64. The molecule has 1 heterocycles. The van der Waals surface area contributed by atoms with E-state index in [0.717, 1.165) is 4.90 Å². The first-order chi connectivity index (χ1) is 12.8. The van der Waals surface area contributed by atoms with Gasteiger partial charge in [-0.3, -0.25) is 19.8 Å². The van der Waals surface area contributed by atoms with Crippen LogP contribution >= 0.6 is 0 Å². The number of imide groups is 1. The maximum atomic E-state index is 12.6. The first kappa shape index (κ1) is 18.1. The van der Waals surface area contributed by atoms with E-state index in [2.05, 4.69) is 5.32 Å². The zero-order chi connectivity index (χ0) is 19.7. The van der Waals surface area contributed by atoms with Crippen molar-refractivity contribution in [2.75, 3.05) is 0 Å². The lowest BCUT2D eigenvalue weighted by Gasteiger charge is -2.11. The number of aryl methyl sites for hydroxylation is 2. The van der Waals surface area contributed by atoms with Crippen LogP contribution in [-0.2, 0) is 11.3 Å². The number of carbonyl (C=O) groups excluding carboxylic acids is 2. The number of phenols is 1. The monoisotopic (exact) mass is 367 g/mol. The minimum atomic E-state index is -0.558. The van der Waals surface area contributed by atoms with Gasteiger partial charge in [0.15, 0.2) is 0 Å². The number of amides is 3. The van der Waals surface area contributed by atoms with Crippen LogP contribution in [0.1, 0.15) is 22.3 Å². The third-order valence-corrected chi connectivity index (χ3v) is 4.27. The highest BCUT2D eigenvalue weighted by molar-refractivity contribution is 6.13. The molecule has 138 valence electrons. The summed E-state index contributed by atoms with van der Waals surface area (Å²) in [6, 6.07) is 8.54. The van der Waals surface area contributed by atoms with Gasteiger partial charge in [0.25, 0.3) is 11.6 Å². The van der Waals surface area contributed by atoms with E-state index in [9.17, 15) is 24.8 Å². The van der Waals surface area contributed by atoms with Crippen molar-refractivity contribution in [3.8, 4) is 5.75 Å². The smallest absolute Gasteiger partial charge is 0.329 e.